The van der Waals surface area contributed by atoms with Gasteiger partial charge in [0.1, 0.15) is 19.4 Å². The van der Waals surface area contributed by atoms with E-state index in [0.29, 0.717) is 10.5 Å². The van der Waals surface area contributed by atoms with Gasteiger partial charge in [-0.15, -0.1) is 9.05 Å². The molecule has 0 spiro atoms. The van der Waals surface area contributed by atoms with E-state index >= 15 is 0 Å². The SMILES string of the molecule is CC.CC/C=C\C1=C(C)CO[P+](O)(OCC2CCC(n3ccc(=O)[nH]c3=S)O2)O1. The van der Waals surface area contributed by atoms with Gasteiger partial charge in [-0.1, -0.05) is 26.8 Å². The highest BCUT2D eigenvalue weighted by Crippen LogP contribution is 2.62. The van der Waals surface area contributed by atoms with Crippen molar-refractivity contribution in [3.8, 4) is 0 Å². The lowest BCUT2D eigenvalue weighted by Crippen LogP contribution is -2.21. The van der Waals surface area contributed by atoms with Crippen molar-refractivity contribution in [2.24, 2.45) is 0 Å². The highest BCUT2D eigenvalue weighted by Gasteiger charge is 2.50. The first-order chi connectivity index (χ1) is 13.9. The van der Waals surface area contributed by atoms with E-state index in [-0.39, 0.29) is 31.1 Å². The minimum absolute atomic E-state index is 0.140. The fraction of sp³-hybridized carbons (Fsp3) is 0.579. The Hall–Kier alpha value is -1.35. The van der Waals surface area contributed by atoms with E-state index in [1.807, 2.05) is 39.8 Å². The summed E-state index contributed by atoms with van der Waals surface area (Å²) in [4.78, 5) is 24.4. The van der Waals surface area contributed by atoms with Crippen molar-refractivity contribution in [2.45, 2.75) is 59.3 Å². The molecule has 8 nitrogen and oxygen atoms in total. The van der Waals surface area contributed by atoms with Gasteiger partial charge in [0.2, 0.25) is 0 Å². The van der Waals surface area contributed by atoms with Crippen LogP contribution in [0.3, 0.4) is 0 Å². The fourth-order valence-electron chi connectivity index (χ4n) is 2.78. The van der Waals surface area contributed by atoms with E-state index in [9.17, 15) is 9.69 Å². The van der Waals surface area contributed by atoms with Crippen LogP contribution < -0.4 is 5.56 Å². The summed E-state index contributed by atoms with van der Waals surface area (Å²) in [6.07, 6.45) is 7.18. The molecular formula is C19H30N2O6PS+. The zero-order valence-electron chi connectivity index (χ0n) is 17.3. The van der Waals surface area contributed by atoms with Gasteiger partial charge in [-0.3, -0.25) is 18.9 Å². The van der Waals surface area contributed by atoms with E-state index in [1.54, 1.807) is 10.8 Å². The first-order valence-electron chi connectivity index (χ1n) is 9.84. The lowest BCUT2D eigenvalue weighted by Gasteiger charge is -2.22. The van der Waals surface area contributed by atoms with Crippen molar-refractivity contribution in [2.75, 3.05) is 13.2 Å². The molecule has 0 radical (unpaired) electrons. The molecule has 0 amide bonds. The molecule has 0 saturated carbocycles. The Kier molecular flexibility index (Phi) is 9.20. The summed E-state index contributed by atoms with van der Waals surface area (Å²) in [5, 5.41) is 0. The molecule has 2 N–H and O–H groups in total. The standard InChI is InChI=1S/C17H23N2O6PS.C2H6/c1-3-4-5-14-12(2)10-22-26(21,25-14)23-11-13-6-7-16(24-13)19-9-8-15(20)18-17(19)27;1-2/h4-5,8-9,13,16,21H,3,6-7,10-11H2,1-2H3;1-2H3/p+1/b5-4-;. The Balaban J connectivity index is 0.00000145. The monoisotopic (exact) mass is 445 g/mol. The van der Waals surface area contributed by atoms with Crippen molar-refractivity contribution < 1.29 is 23.2 Å². The maximum absolute atomic E-state index is 11.3. The number of nitrogens with one attached hydrogen (secondary N) is 1. The highest BCUT2D eigenvalue weighted by molar-refractivity contribution is 7.71. The lowest BCUT2D eigenvalue weighted by atomic mass is 10.2. The van der Waals surface area contributed by atoms with E-state index < -0.39 is 8.17 Å². The van der Waals surface area contributed by atoms with Gasteiger partial charge in [-0.05, 0) is 44.5 Å². The maximum Gasteiger partial charge on any atom is 0.619 e. The third-order valence-corrected chi connectivity index (χ3v) is 5.92. The molecule has 3 atom stereocenters. The Labute approximate surface area is 176 Å². The molecule has 3 rings (SSSR count). The zero-order chi connectivity index (χ0) is 21.4. The van der Waals surface area contributed by atoms with Gasteiger partial charge >= 0.3 is 8.17 Å². The fourth-order valence-corrected chi connectivity index (χ4v) is 4.42. The smallest absolute Gasteiger partial charge is 0.352 e. The van der Waals surface area contributed by atoms with Gasteiger partial charge in [0.25, 0.3) is 5.56 Å². The van der Waals surface area contributed by atoms with Crippen LogP contribution >= 0.6 is 20.4 Å². The van der Waals surface area contributed by atoms with Crippen LogP contribution in [-0.2, 0) is 18.3 Å². The van der Waals surface area contributed by atoms with Crippen LogP contribution in [0, 0.1) is 4.77 Å². The van der Waals surface area contributed by atoms with E-state index in [4.69, 9.17) is 30.5 Å². The summed E-state index contributed by atoms with van der Waals surface area (Å²) in [6, 6.07) is 1.40. The summed E-state index contributed by atoms with van der Waals surface area (Å²) < 4.78 is 24.5. The number of nitrogens with zero attached hydrogens (tertiary/aromatic N) is 1. The minimum atomic E-state index is -3.42. The topological polar surface area (TPSA) is 94.9 Å². The van der Waals surface area contributed by atoms with Gasteiger partial charge in [0.05, 0.1) is 6.10 Å². The molecule has 10 heteroatoms. The summed E-state index contributed by atoms with van der Waals surface area (Å²) in [7, 11) is -3.42. The normalized spacial score (nSPS) is 26.9. The Morgan fingerprint density at radius 3 is 2.90 bits per heavy atom. The molecule has 2 aliphatic rings. The third kappa shape index (κ3) is 6.57. The lowest BCUT2D eigenvalue weighted by molar-refractivity contribution is -0.0302. The van der Waals surface area contributed by atoms with Gasteiger partial charge in [-0.25, -0.2) is 0 Å². The van der Waals surface area contributed by atoms with Crippen molar-refractivity contribution in [3.63, 3.8) is 0 Å². The van der Waals surface area contributed by atoms with Gasteiger partial charge in [0, 0.05) is 17.8 Å². The molecule has 29 heavy (non-hydrogen) atoms. The van der Waals surface area contributed by atoms with Crippen molar-refractivity contribution in [3.05, 3.63) is 50.9 Å². The summed E-state index contributed by atoms with van der Waals surface area (Å²) in [6.45, 7) is 8.30. The summed E-state index contributed by atoms with van der Waals surface area (Å²) in [5.74, 6) is 0.587. The molecule has 0 aliphatic carbocycles. The average molecular weight is 445 g/mol. The van der Waals surface area contributed by atoms with Gasteiger partial charge in [0.15, 0.2) is 10.5 Å². The molecule has 0 aromatic carbocycles. The van der Waals surface area contributed by atoms with Crippen molar-refractivity contribution in [1.29, 1.82) is 0 Å². The maximum atomic E-state index is 11.3. The predicted octanol–water partition coefficient (Wildman–Crippen LogP) is 4.58. The number of hydrogen-bond donors (Lipinski definition) is 2. The Morgan fingerprint density at radius 1 is 1.45 bits per heavy atom. The highest BCUT2D eigenvalue weighted by atomic mass is 32.1. The van der Waals surface area contributed by atoms with Crippen molar-refractivity contribution in [1.82, 2.24) is 9.55 Å². The van der Waals surface area contributed by atoms with E-state index in [0.717, 1.165) is 24.8 Å². The van der Waals surface area contributed by atoms with Crippen LogP contribution in [0.2, 0.25) is 0 Å². The second kappa shape index (κ2) is 11.2. The molecule has 3 heterocycles. The summed E-state index contributed by atoms with van der Waals surface area (Å²) in [5.41, 5.74) is 0.654. The quantitative estimate of drug-likeness (QED) is 0.489. The average Bonchev–Trinajstić information content (AvgIpc) is 3.18. The molecule has 3 unspecified atom stereocenters. The second-order valence-electron chi connectivity index (χ2n) is 6.39. The number of ether oxygens (including phenoxy) is 1. The van der Waals surface area contributed by atoms with Crippen LogP contribution in [0.5, 0.6) is 0 Å². The van der Waals surface area contributed by atoms with Crippen LogP contribution in [-0.4, -0.2) is 33.8 Å². The van der Waals surface area contributed by atoms with Crippen LogP contribution in [0.25, 0.3) is 0 Å². The van der Waals surface area contributed by atoms with E-state index in [2.05, 4.69) is 4.98 Å². The molecule has 162 valence electrons. The molecule has 1 aromatic rings. The number of aromatic amines is 1. The Bertz CT molecular complexity index is 852. The third-order valence-electron chi connectivity index (χ3n) is 4.25. The van der Waals surface area contributed by atoms with Gasteiger partial charge in [-0.2, -0.15) is 4.89 Å². The van der Waals surface area contributed by atoms with Gasteiger partial charge < -0.3 is 4.74 Å². The largest absolute Gasteiger partial charge is 0.619 e. The van der Waals surface area contributed by atoms with Crippen molar-refractivity contribution >= 4 is 20.4 Å². The number of hydrogen-bond acceptors (Lipinski definition) is 7. The number of allylic oxidation sites excluding steroid dienone is 2. The number of rotatable bonds is 6. The molecular weight excluding hydrogens is 415 g/mol. The Morgan fingerprint density at radius 2 is 2.21 bits per heavy atom. The number of aromatic nitrogens is 2. The van der Waals surface area contributed by atoms with Crippen LogP contribution in [0.1, 0.15) is 53.2 Å². The molecule has 1 fully saturated rings. The summed E-state index contributed by atoms with van der Waals surface area (Å²) >= 11 is 5.17. The predicted molar refractivity (Wildman–Crippen MR) is 115 cm³/mol. The van der Waals surface area contributed by atoms with Crippen LogP contribution in [0.4, 0.5) is 0 Å². The first-order valence-corrected chi connectivity index (χ1v) is 11.7. The van der Waals surface area contributed by atoms with Crippen LogP contribution in [0.15, 0.2) is 40.5 Å². The molecule has 2 aliphatic heterocycles. The second-order valence-corrected chi connectivity index (χ2v) is 8.41. The molecule has 0 bridgehead atoms. The number of H-pyrrole nitrogens is 1. The zero-order valence-corrected chi connectivity index (χ0v) is 19.0. The van der Waals surface area contributed by atoms with E-state index in [1.165, 1.54) is 6.07 Å². The first kappa shape index (κ1) is 23.9. The minimum Gasteiger partial charge on any atom is -0.352 e. The molecule has 1 saturated heterocycles. The molecule has 1 aromatic heterocycles.